The quantitative estimate of drug-likeness (QED) is 0.618. The van der Waals surface area contributed by atoms with E-state index in [1.165, 1.54) is 6.07 Å². The third-order valence-electron chi connectivity index (χ3n) is 4.81. The summed E-state index contributed by atoms with van der Waals surface area (Å²) in [5.74, 6) is -0.383. The van der Waals surface area contributed by atoms with Gasteiger partial charge in [-0.15, -0.1) is 0 Å². The minimum atomic E-state index is -0.574. The number of ketones is 1. The Hall–Kier alpha value is -3.09. The summed E-state index contributed by atoms with van der Waals surface area (Å²) in [5, 5.41) is 17.7. The van der Waals surface area contributed by atoms with E-state index in [9.17, 15) is 14.9 Å². The molecule has 2 heterocycles. The SMILES string of the molecule is CC1(C)C=C2Nc3ccccc3NC(c3ccc([N+](=O)[O-])o3)C2C(=O)C1. The summed E-state index contributed by atoms with van der Waals surface area (Å²) in [6.45, 7) is 4.04. The summed E-state index contributed by atoms with van der Waals surface area (Å²) in [7, 11) is 0. The van der Waals surface area contributed by atoms with Crippen molar-refractivity contribution < 1.29 is 14.1 Å². The van der Waals surface area contributed by atoms with Crippen molar-refractivity contribution in [3.8, 4) is 0 Å². The van der Waals surface area contributed by atoms with Gasteiger partial charge in [-0.3, -0.25) is 14.9 Å². The van der Waals surface area contributed by atoms with Gasteiger partial charge in [0.2, 0.25) is 0 Å². The van der Waals surface area contributed by atoms with Gasteiger partial charge in [-0.25, -0.2) is 0 Å². The van der Waals surface area contributed by atoms with Gasteiger partial charge in [0.15, 0.2) is 0 Å². The molecule has 2 aromatic rings. The zero-order valence-electron chi connectivity index (χ0n) is 14.5. The number of rotatable bonds is 2. The van der Waals surface area contributed by atoms with Gasteiger partial charge in [-0.1, -0.05) is 32.1 Å². The first-order valence-corrected chi connectivity index (χ1v) is 8.46. The average molecular weight is 353 g/mol. The molecule has 2 aliphatic rings. The van der Waals surface area contributed by atoms with E-state index in [2.05, 4.69) is 16.7 Å². The Balaban J connectivity index is 1.85. The summed E-state index contributed by atoms with van der Waals surface area (Å²) >= 11 is 0. The Kier molecular flexibility index (Phi) is 3.61. The standard InChI is InChI=1S/C19H19N3O4/c1-19(2)9-13-17(14(23)10-19)18(15-7-8-16(26-15)22(24)25)21-12-6-4-3-5-11(12)20-13/h3-9,17-18,20-21H,10H2,1-2H3. The molecule has 0 amide bonds. The molecule has 26 heavy (non-hydrogen) atoms. The molecule has 7 heteroatoms. The highest BCUT2D eigenvalue weighted by atomic mass is 16.6. The van der Waals surface area contributed by atoms with E-state index >= 15 is 0 Å². The fourth-order valence-corrected chi connectivity index (χ4v) is 3.74. The van der Waals surface area contributed by atoms with Crippen LogP contribution < -0.4 is 10.6 Å². The third kappa shape index (κ3) is 2.75. The van der Waals surface area contributed by atoms with Crippen LogP contribution in [0.5, 0.6) is 0 Å². The van der Waals surface area contributed by atoms with Crippen molar-refractivity contribution in [1.29, 1.82) is 0 Å². The number of carbonyl (C=O) groups is 1. The van der Waals surface area contributed by atoms with E-state index in [0.29, 0.717) is 12.2 Å². The normalized spacial score (nSPS) is 23.6. The lowest BCUT2D eigenvalue weighted by Gasteiger charge is -2.34. The van der Waals surface area contributed by atoms with Crippen molar-refractivity contribution in [2.24, 2.45) is 11.3 Å². The van der Waals surface area contributed by atoms with Crippen molar-refractivity contribution >= 4 is 23.0 Å². The fraction of sp³-hybridized carbons (Fsp3) is 0.316. The molecule has 0 bridgehead atoms. The molecule has 7 nitrogen and oxygen atoms in total. The molecular weight excluding hydrogens is 334 g/mol. The van der Waals surface area contributed by atoms with Gasteiger partial charge in [0.1, 0.15) is 22.5 Å². The highest BCUT2D eigenvalue weighted by Crippen LogP contribution is 2.45. The van der Waals surface area contributed by atoms with Crippen LogP contribution in [0, 0.1) is 21.4 Å². The first kappa shape index (κ1) is 16.4. The summed E-state index contributed by atoms with van der Waals surface area (Å²) in [4.78, 5) is 23.4. The van der Waals surface area contributed by atoms with Crippen LogP contribution in [0.4, 0.5) is 17.3 Å². The lowest BCUT2D eigenvalue weighted by atomic mass is 9.73. The number of furan rings is 1. The zero-order valence-corrected chi connectivity index (χ0v) is 14.5. The van der Waals surface area contributed by atoms with Crippen molar-refractivity contribution in [1.82, 2.24) is 0 Å². The van der Waals surface area contributed by atoms with Crippen molar-refractivity contribution in [2.45, 2.75) is 26.3 Å². The van der Waals surface area contributed by atoms with E-state index in [-0.39, 0.29) is 17.1 Å². The Labute approximate surface area is 150 Å². The molecule has 1 aromatic heterocycles. The molecule has 0 saturated carbocycles. The highest BCUT2D eigenvalue weighted by Gasteiger charge is 2.43. The molecule has 134 valence electrons. The van der Waals surface area contributed by atoms with Crippen LogP contribution in [-0.4, -0.2) is 10.7 Å². The van der Waals surface area contributed by atoms with Gasteiger partial charge < -0.3 is 15.1 Å². The van der Waals surface area contributed by atoms with Crippen LogP contribution in [0.3, 0.4) is 0 Å². The molecule has 4 rings (SSSR count). The topological polar surface area (TPSA) is 97.4 Å². The van der Waals surface area contributed by atoms with Gasteiger partial charge in [0, 0.05) is 12.1 Å². The highest BCUT2D eigenvalue weighted by molar-refractivity contribution is 5.90. The maximum absolute atomic E-state index is 13.0. The molecule has 2 atom stereocenters. The molecule has 2 unspecified atom stereocenters. The average Bonchev–Trinajstić information content (AvgIpc) is 2.98. The number of nitrogens with zero attached hydrogens (tertiary/aromatic N) is 1. The largest absolute Gasteiger partial charge is 0.433 e. The fourth-order valence-electron chi connectivity index (χ4n) is 3.74. The van der Waals surface area contributed by atoms with Crippen LogP contribution in [-0.2, 0) is 4.79 Å². The first-order chi connectivity index (χ1) is 12.3. The maximum atomic E-state index is 13.0. The molecule has 0 fully saturated rings. The molecule has 1 aliphatic carbocycles. The van der Waals surface area contributed by atoms with E-state index in [1.807, 2.05) is 38.1 Å². The molecule has 2 N–H and O–H groups in total. The van der Waals surface area contributed by atoms with Crippen molar-refractivity contribution in [3.63, 3.8) is 0 Å². The number of nitro groups is 1. The number of allylic oxidation sites excluding steroid dienone is 1. The van der Waals surface area contributed by atoms with Crippen LogP contribution in [0.2, 0.25) is 0 Å². The maximum Gasteiger partial charge on any atom is 0.433 e. The second kappa shape index (κ2) is 5.72. The van der Waals surface area contributed by atoms with Crippen LogP contribution in [0.15, 0.2) is 52.6 Å². The number of benzene rings is 1. The number of nitrogens with one attached hydrogen (secondary N) is 2. The molecule has 0 spiro atoms. The molecule has 1 aromatic carbocycles. The molecule has 0 radical (unpaired) electrons. The number of hydrogen-bond acceptors (Lipinski definition) is 6. The summed E-state index contributed by atoms with van der Waals surface area (Å²) in [6, 6.07) is 10.0. The third-order valence-corrected chi connectivity index (χ3v) is 4.81. The van der Waals surface area contributed by atoms with E-state index in [1.54, 1.807) is 6.07 Å². The van der Waals surface area contributed by atoms with Gasteiger partial charge in [-0.2, -0.15) is 0 Å². The Morgan fingerprint density at radius 1 is 1.19 bits per heavy atom. The molecule has 0 saturated heterocycles. The van der Waals surface area contributed by atoms with E-state index in [0.717, 1.165) is 17.1 Å². The van der Waals surface area contributed by atoms with Crippen molar-refractivity contribution in [3.05, 3.63) is 64.0 Å². The van der Waals surface area contributed by atoms with Gasteiger partial charge in [-0.05, 0) is 23.6 Å². The Morgan fingerprint density at radius 3 is 2.62 bits per heavy atom. The number of hydrogen-bond donors (Lipinski definition) is 2. The van der Waals surface area contributed by atoms with E-state index < -0.39 is 16.9 Å². The number of carbonyl (C=O) groups excluding carboxylic acids is 1. The van der Waals surface area contributed by atoms with Crippen LogP contribution in [0.25, 0.3) is 0 Å². The zero-order chi connectivity index (χ0) is 18.5. The number of fused-ring (bicyclic) bond motifs is 2. The first-order valence-electron chi connectivity index (χ1n) is 8.46. The second-order valence-corrected chi connectivity index (χ2v) is 7.43. The summed E-state index contributed by atoms with van der Waals surface area (Å²) in [5.41, 5.74) is 2.22. The predicted octanol–water partition coefficient (Wildman–Crippen LogP) is 4.27. The number of anilines is 2. The lowest BCUT2D eigenvalue weighted by molar-refractivity contribution is -0.402. The lowest BCUT2D eigenvalue weighted by Crippen LogP contribution is -2.36. The van der Waals surface area contributed by atoms with Crippen molar-refractivity contribution in [2.75, 3.05) is 10.6 Å². The van der Waals surface area contributed by atoms with Gasteiger partial charge in [0.05, 0.1) is 23.4 Å². The summed E-state index contributed by atoms with van der Waals surface area (Å²) in [6.07, 6.45) is 2.48. The molecule has 1 aliphatic heterocycles. The predicted molar refractivity (Wildman–Crippen MR) is 96.8 cm³/mol. The monoisotopic (exact) mass is 353 g/mol. The smallest absolute Gasteiger partial charge is 0.404 e. The van der Waals surface area contributed by atoms with E-state index in [4.69, 9.17) is 4.42 Å². The van der Waals surface area contributed by atoms with Crippen LogP contribution in [0.1, 0.15) is 32.1 Å². The minimum absolute atomic E-state index is 0.0735. The number of para-hydroxylation sites is 2. The number of Topliss-reactive ketones (excluding diaryl/α,β-unsaturated/α-hetero) is 1. The Morgan fingerprint density at radius 2 is 1.92 bits per heavy atom. The second-order valence-electron chi connectivity index (χ2n) is 7.43. The molecular formula is C19H19N3O4. The minimum Gasteiger partial charge on any atom is -0.404 e. The Bertz CT molecular complexity index is 928. The van der Waals surface area contributed by atoms with Crippen LogP contribution >= 0.6 is 0 Å². The van der Waals surface area contributed by atoms with Gasteiger partial charge >= 0.3 is 5.88 Å². The summed E-state index contributed by atoms with van der Waals surface area (Å²) < 4.78 is 5.44. The van der Waals surface area contributed by atoms with Gasteiger partial charge in [0.25, 0.3) is 0 Å².